The lowest BCUT2D eigenvalue weighted by Crippen LogP contribution is -2.06. The molecule has 0 aliphatic carbocycles. The van der Waals surface area contributed by atoms with Crippen molar-refractivity contribution >= 4 is 5.82 Å². The predicted octanol–water partition coefficient (Wildman–Crippen LogP) is 3.62. The van der Waals surface area contributed by atoms with Gasteiger partial charge in [0.15, 0.2) is 5.82 Å². The van der Waals surface area contributed by atoms with Gasteiger partial charge < -0.3 is 10.4 Å². The van der Waals surface area contributed by atoms with E-state index in [-0.39, 0.29) is 5.75 Å². The van der Waals surface area contributed by atoms with Gasteiger partial charge in [0.25, 0.3) is 0 Å². The van der Waals surface area contributed by atoms with Crippen LogP contribution in [0.1, 0.15) is 26.5 Å². The highest BCUT2D eigenvalue weighted by Crippen LogP contribution is 2.24. The summed E-state index contributed by atoms with van der Waals surface area (Å²) in [5.41, 5.74) is 1.37. The largest absolute Gasteiger partial charge is 0.508 e. The number of hydrogen-bond acceptors (Lipinski definition) is 4. The van der Waals surface area contributed by atoms with Gasteiger partial charge >= 0.3 is 0 Å². The molecule has 0 saturated heterocycles. The first-order valence-electron chi connectivity index (χ1n) is 7.09. The van der Waals surface area contributed by atoms with E-state index < -0.39 is 5.82 Å². The van der Waals surface area contributed by atoms with Gasteiger partial charge in [0, 0.05) is 29.9 Å². The van der Waals surface area contributed by atoms with Gasteiger partial charge in [0.05, 0.1) is 0 Å². The fraction of sp³-hybridized carbons (Fsp3) is 0.375. The van der Waals surface area contributed by atoms with Gasteiger partial charge in [-0.05, 0) is 31.4 Å². The van der Waals surface area contributed by atoms with E-state index in [2.05, 4.69) is 29.1 Å². The molecule has 1 aromatic heterocycles. The Labute approximate surface area is 124 Å². The maximum Gasteiger partial charge on any atom is 0.161 e. The number of phenols is 1. The second kappa shape index (κ2) is 6.52. The van der Waals surface area contributed by atoms with Crippen LogP contribution < -0.4 is 5.32 Å². The monoisotopic (exact) mass is 289 g/mol. The summed E-state index contributed by atoms with van der Waals surface area (Å²) in [6, 6.07) is 5.76. The lowest BCUT2D eigenvalue weighted by molar-refractivity contribution is 0.469. The van der Waals surface area contributed by atoms with E-state index in [9.17, 15) is 9.50 Å². The molecule has 5 heteroatoms. The van der Waals surface area contributed by atoms with Gasteiger partial charge in [-0.2, -0.15) is 0 Å². The third kappa shape index (κ3) is 4.15. The molecule has 1 aromatic carbocycles. The van der Waals surface area contributed by atoms with Crippen LogP contribution in [0.3, 0.4) is 0 Å². The Morgan fingerprint density at radius 2 is 1.95 bits per heavy atom. The number of anilines is 1. The quantitative estimate of drug-likeness (QED) is 0.882. The highest BCUT2D eigenvalue weighted by Gasteiger charge is 2.10. The topological polar surface area (TPSA) is 58.0 Å². The molecule has 0 atom stereocenters. The highest BCUT2D eigenvalue weighted by molar-refractivity contribution is 5.59. The van der Waals surface area contributed by atoms with Crippen LogP contribution in [-0.2, 0) is 6.42 Å². The molecule has 0 aliphatic rings. The third-order valence-corrected chi connectivity index (χ3v) is 2.90. The molecule has 0 saturated carbocycles. The molecule has 4 nitrogen and oxygen atoms in total. The van der Waals surface area contributed by atoms with E-state index in [4.69, 9.17) is 0 Å². The molecular formula is C16H20FN3O. The van der Waals surface area contributed by atoms with Crippen LogP contribution in [0, 0.1) is 11.7 Å². The second-order valence-electron chi connectivity index (χ2n) is 5.39. The number of phenolic OH excluding ortho intramolecular Hbond substituents is 1. The van der Waals surface area contributed by atoms with Gasteiger partial charge in [-0.25, -0.2) is 14.4 Å². The Kier molecular flexibility index (Phi) is 4.73. The summed E-state index contributed by atoms with van der Waals surface area (Å²) in [7, 11) is 0. The Morgan fingerprint density at radius 1 is 1.19 bits per heavy atom. The summed E-state index contributed by atoms with van der Waals surface area (Å²) in [5, 5.41) is 12.7. The molecule has 0 fully saturated rings. The molecule has 0 amide bonds. The molecule has 0 bridgehead atoms. The molecule has 2 rings (SSSR count). The molecule has 1 heterocycles. The maximum absolute atomic E-state index is 13.4. The second-order valence-corrected chi connectivity index (χ2v) is 5.39. The smallest absolute Gasteiger partial charge is 0.161 e. The van der Waals surface area contributed by atoms with Gasteiger partial charge in [-0.15, -0.1) is 0 Å². The minimum absolute atomic E-state index is 0.132. The molecule has 0 unspecified atom stereocenters. The van der Waals surface area contributed by atoms with E-state index in [1.807, 2.05) is 13.0 Å². The molecule has 2 aromatic rings. The van der Waals surface area contributed by atoms with E-state index in [0.717, 1.165) is 24.7 Å². The van der Waals surface area contributed by atoms with Gasteiger partial charge in [0.2, 0.25) is 0 Å². The normalized spacial score (nSPS) is 10.9. The summed E-state index contributed by atoms with van der Waals surface area (Å²) in [6.07, 6.45) is 0.815. The van der Waals surface area contributed by atoms with Crippen LogP contribution in [0.4, 0.5) is 10.2 Å². The van der Waals surface area contributed by atoms with E-state index in [1.54, 1.807) is 0 Å². The predicted molar refractivity (Wildman–Crippen MR) is 81.8 cm³/mol. The van der Waals surface area contributed by atoms with Crippen molar-refractivity contribution in [2.24, 2.45) is 5.92 Å². The number of nitrogens with one attached hydrogen (secondary N) is 1. The molecule has 112 valence electrons. The van der Waals surface area contributed by atoms with Crippen molar-refractivity contribution in [3.05, 3.63) is 35.8 Å². The Hall–Kier alpha value is -2.17. The van der Waals surface area contributed by atoms with E-state index in [0.29, 0.717) is 23.1 Å². The summed E-state index contributed by atoms with van der Waals surface area (Å²) < 4.78 is 13.4. The molecule has 21 heavy (non-hydrogen) atoms. The standard InChI is InChI=1S/C16H20FN3O/c1-4-18-15-9-13(5-10(2)3)19-16(20-15)11-6-12(17)8-14(21)7-11/h6-10,21H,4-5H2,1-3H3,(H,18,19,20). The van der Waals surface area contributed by atoms with Gasteiger partial charge in [0.1, 0.15) is 17.4 Å². The first-order chi connectivity index (χ1) is 9.97. The van der Waals surface area contributed by atoms with Crippen LogP contribution in [0.25, 0.3) is 11.4 Å². The zero-order chi connectivity index (χ0) is 15.4. The minimum atomic E-state index is -0.507. The Morgan fingerprint density at radius 3 is 2.57 bits per heavy atom. The summed E-state index contributed by atoms with van der Waals surface area (Å²) in [6.45, 7) is 6.95. The molecule has 0 spiro atoms. The zero-order valence-corrected chi connectivity index (χ0v) is 12.5. The molecule has 0 aliphatic heterocycles. The average Bonchev–Trinajstić information content (AvgIpc) is 2.36. The Bertz CT molecular complexity index is 609. The van der Waals surface area contributed by atoms with Crippen LogP contribution in [0.5, 0.6) is 5.75 Å². The van der Waals surface area contributed by atoms with Crippen LogP contribution in [0.15, 0.2) is 24.3 Å². The minimum Gasteiger partial charge on any atom is -0.508 e. The molecule has 0 radical (unpaired) electrons. The zero-order valence-electron chi connectivity index (χ0n) is 12.5. The van der Waals surface area contributed by atoms with E-state index in [1.165, 1.54) is 12.1 Å². The molecule has 2 N–H and O–H groups in total. The first kappa shape index (κ1) is 15.2. The van der Waals surface area contributed by atoms with Crippen LogP contribution in [0.2, 0.25) is 0 Å². The number of aromatic nitrogens is 2. The van der Waals surface area contributed by atoms with Crippen molar-refractivity contribution in [1.82, 2.24) is 9.97 Å². The van der Waals surface area contributed by atoms with E-state index >= 15 is 0 Å². The van der Waals surface area contributed by atoms with Gasteiger partial charge in [-0.1, -0.05) is 13.8 Å². The van der Waals surface area contributed by atoms with Crippen molar-refractivity contribution in [1.29, 1.82) is 0 Å². The number of nitrogens with zero attached hydrogens (tertiary/aromatic N) is 2. The summed E-state index contributed by atoms with van der Waals surface area (Å²) >= 11 is 0. The van der Waals surface area contributed by atoms with Crippen molar-refractivity contribution in [3.8, 4) is 17.1 Å². The first-order valence-corrected chi connectivity index (χ1v) is 7.09. The molecular weight excluding hydrogens is 269 g/mol. The van der Waals surface area contributed by atoms with Crippen LogP contribution in [-0.4, -0.2) is 21.6 Å². The lowest BCUT2D eigenvalue weighted by Gasteiger charge is -2.11. The van der Waals surface area contributed by atoms with Crippen molar-refractivity contribution in [2.45, 2.75) is 27.2 Å². The van der Waals surface area contributed by atoms with Crippen molar-refractivity contribution < 1.29 is 9.50 Å². The number of hydrogen-bond donors (Lipinski definition) is 2. The average molecular weight is 289 g/mol. The number of halogens is 1. The lowest BCUT2D eigenvalue weighted by atomic mass is 10.1. The number of benzene rings is 1. The number of aromatic hydroxyl groups is 1. The SMILES string of the molecule is CCNc1cc(CC(C)C)nc(-c2cc(O)cc(F)c2)n1. The fourth-order valence-electron chi connectivity index (χ4n) is 2.12. The van der Waals surface area contributed by atoms with Gasteiger partial charge in [-0.3, -0.25) is 0 Å². The van der Waals surface area contributed by atoms with Crippen molar-refractivity contribution in [3.63, 3.8) is 0 Å². The fourth-order valence-corrected chi connectivity index (χ4v) is 2.12. The Balaban J connectivity index is 2.47. The third-order valence-electron chi connectivity index (χ3n) is 2.90. The van der Waals surface area contributed by atoms with Crippen LogP contribution >= 0.6 is 0 Å². The highest BCUT2D eigenvalue weighted by atomic mass is 19.1. The number of rotatable bonds is 5. The maximum atomic E-state index is 13.4. The summed E-state index contributed by atoms with van der Waals surface area (Å²) in [5.74, 6) is 0.949. The van der Waals surface area contributed by atoms with Crippen molar-refractivity contribution in [2.75, 3.05) is 11.9 Å². The summed E-state index contributed by atoms with van der Waals surface area (Å²) in [4.78, 5) is 8.86.